The maximum Gasteiger partial charge on any atom is 0.220 e. The third-order valence-electron chi connectivity index (χ3n) is 19.9. The largest absolute Gasteiger partial charge is 0.394 e. The fraction of sp³-hybridized carbons (Fsp3) is 0.986. The van der Waals surface area contributed by atoms with Gasteiger partial charge in [0.25, 0.3) is 0 Å². The van der Waals surface area contributed by atoms with Crippen LogP contribution in [0, 0.1) is 0 Å². The van der Waals surface area contributed by atoms with E-state index in [2.05, 4.69) is 19.2 Å². The van der Waals surface area contributed by atoms with E-state index >= 15 is 0 Å². The second-order valence-electron chi connectivity index (χ2n) is 28.2. The van der Waals surface area contributed by atoms with Gasteiger partial charge in [0.05, 0.1) is 38.6 Å². The number of hydrogen-bond donors (Lipinski definition) is 12. The standard InChI is InChI=1S/C74H143NO18/c1-3-5-7-9-11-12-13-14-15-16-17-18-19-20-21-22-23-24-25-26-27-28-29-30-31-32-33-34-35-36-37-38-39-40-41-42-43-44-46-48-50-52-62(80)75-57(58(79)51-49-47-45-10-8-6-4-2)56-88-72-68(86)65(83)70(60(54-77)90-72)93-74-69(87)66(84)71(61(55-78)91-74)92-73-67(85)64(82)63(81)59(53-76)89-73/h57-61,63-74,76-79,81-87H,3-56H2,1-2H3,(H,75,80). The minimum absolute atomic E-state index is 0.240. The molecule has 3 aliphatic heterocycles. The molecule has 3 rings (SSSR count). The van der Waals surface area contributed by atoms with Crippen LogP contribution in [0.5, 0.6) is 0 Å². The molecule has 19 heteroatoms. The Morgan fingerprint density at radius 2 is 0.613 bits per heavy atom. The number of nitrogens with one attached hydrogen (secondary N) is 1. The topological polar surface area (TPSA) is 307 Å². The summed E-state index contributed by atoms with van der Waals surface area (Å²) in [6, 6.07) is -0.879. The first-order chi connectivity index (χ1) is 45.3. The lowest BCUT2D eigenvalue weighted by Crippen LogP contribution is -2.66. The predicted molar refractivity (Wildman–Crippen MR) is 365 cm³/mol. The van der Waals surface area contributed by atoms with Gasteiger partial charge < -0.3 is 89.9 Å². The average molecular weight is 1330 g/mol. The molecule has 93 heavy (non-hydrogen) atoms. The molecule has 0 aliphatic carbocycles. The van der Waals surface area contributed by atoms with E-state index in [1.807, 2.05) is 0 Å². The van der Waals surface area contributed by atoms with Crippen LogP contribution in [0.4, 0.5) is 0 Å². The van der Waals surface area contributed by atoms with Crippen LogP contribution in [0.3, 0.4) is 0 Å². The van der Waals surface area contributed by atoms with Crippen LogP contribution in [0.2, 0.25) is 0 Å². The van der Waals surface area contributed by atoms with Crippen molar-refractivity contribution < 1.29 is 89.4 Å². The number of aliphatic hydroxyl groups excluding tert-OH is 11. The molecular weight excluding hydrogens is 1190 g/mol. The summed E-state index contributed by atoms with van der Waals surface area (Å²) in [4.78, 5) is 13.3. The summed E-state index contributed by atoms with van der Waals surface area (Å²) < 4.78 is 34.3. The highest BCUT2D eigenvalue weighted by molar-refractivity contribution is 5.76. The number of carbonyl (C=O) groups is 1. The van der Waals surface area contributed by atoms with Crippen LogP contribution in [0.1, 0.15) is 335 Å². The Morgan fingerprint density at radius 1 is 0.344 bits per heavy atom. The van der Waals surface area contributed by atoms with E-state index in [4.69, 9.17) is 28.4 Å². The van der Waals surface area contributed by atoms with Crippen molar-refractivity contribution >= 4 is 5.91 Å². The summed E-state index contributed by atoms with van der Waals surface area (Å²) in [5.74, 6) is -0.240. The first kappa shape index (κ1) is 86.0. The van der Waals surface area contributed by atoms with Gasteiger partial charge in [0, 0.05) is 6.42 Å². The van der Waals surface area contributed by atoms with Crippen molar-refractivity contribution in [2.75, 3.05) is 26.4 Å². The molecule has 0 aromatic heterocycles. The Balaban J connectivity index is 1.20. The quantitative estimate of drug-likeness (QED) is 0.0252. The van der Waals surface area contributed by atoms with Gasteiger partial charge in [-0.25, -0.2) is 0 Å². The summed E-state index contributed by atoms with van der Waals surface area (Å²) in [7, 11) is 0. The second kappa shape index (κ2) is 56.5. The van der Waals surface area contributed by atoms with Gasteiger partial charge in [-0.3, -0.25) is 4.79 Å². The minimum atomic E-state index is -1.97. The molecule has 12 N–H and O–H groups in total. The third kappa shape index (κ3) is 37.7. The molecule has 17 atom stereocenters. The maximum atomic E-state index is 13.3. The predicted octanol–water partition coefficient (Wildman–Crippen LogP) is 11.8. The highest BCUT2D eigenvalue weighted by Gasteiger charge is 2.54. The number of amides is 1. The molecular formula is C74H143NO18. The zero-order chi connectivity index (χ0) is 67.5. The minimum Gasteiger partial charge on any atom is -0.394 e. The van der Waals surface area contributed by atoms with Crippen molar-refractivity contribution in [1.82, 2.24) is 5.32 Å². The maximum absolute atomic E-state index is 13.3. The van der Waals surface area contributed by atoms with Crippen LogP contribution in [-0.2, 0) is 33.2 Å². The van der Waals surface area contributed by atoms with Gasteiger partial charge in [0.2, 0.25) is 5.91 Å². The van der Waals surface area contributed by atoms with Crippen LogP contribution in [0.25, 0.3) is 0 Å². The Labute approximate surface area is 563 Å². The number of aliphatic hydroxyl groups is 11. The zero-order valence-corrected chi connectivity index (χ0v) is 58.8. The van der Waals surface area contributed by atoms with E-state index < -0.39 is 124 Å². The van der Waals surface area contributed by atoms with Crippen molar-refractivity contribution in [3.05, 3.63) is 0 Å². The Bertz CT molecular complexity index is 1690. The van der Waals surface area contributed by atoms with E-state index in [1.165, 1.54) is 244 Å². The molecule has 552 valence electrons. The van der Waals surface area contributed by atoms with Gasteiger partial charge in [-0.05, 0) is 12.8 Å². The van der Waals surface area contributed by atoms with E-state index in [-0.39, 0.29) is 18.9 Å². The van der Waals surface area contributed by atoms with E-state index in [0.717, 1.165) is 57.8 Å². The SMILES string of the molecule is CCCCCCCCCCCCCCCCCCCCCCCCCCCCCCCCCCCCCCCCCCCC(=O)NC(COC1OC(CO)C(OC2OC(CO)C(OC3OC(CO)C(O)C(O)C3O)C(O)C2O)C(O)C1O)C(O)CCCCCCCCC. The molecule has 0 radical (unpaired) electrons. The number of hydrogen-bond acceptors (Lipinski definition) is 18. The van der Waals surface area contributed by atoms with Gasteiger partial charge in [0.1, 0.15) is 73.2 Å². The Hall–Kier alpha value is -1.21. The molecule has 0 bridgehead atoms. The molecule has 3 saturated heterocycles. The summed E-state index contributed by atoms with van der Waals surface area (Å²) in [6.45, 7) is 1.77. The molecule has 1 amide bonds. The van der Waals surface area contributed by atoms with Crippen molar-refractivity contribution in [3.8, 4) is 0 Å². The van der Waals surface area contributed by atoms with Gasteiger partial charge in [0.15, 0.2) is 18.9 Å². The van der Waals surface area contributed by atoms with Crippen molar-refractivity contribution in [2.24, 2.45) is 0 Å². The van der Waals surface area contributed by atoms with Crippen molar-refractivity contribution in [1.29, 1.82) is 0 Å². The molecule has 0 spiro atoms. The Morgan fingerprint density at radius 3 is 0.935 bits per heavy atom. The summed E-state index contributed by atoms with van der Waals surface area (Å²) >= 11 is 0. The van der Waals surface area contributed by atoms with Gasteiger partial charge in [-0.1, -0.05) is 316 Å². The molecule has 17 unspecified atom stereocenters. The zero-order valence-electron chi connectivity index (χ0n) is 58.8. The number of unbranched alkanes of at least 4 members (excludes halogenated alkanes) is 46. The lowest BCUT2D eigenvalue weighted by atomic mass is 9.96. The van der Waals surface area contributed by atoms with Crippen LogP contribution < -0.4 is 5.32 Å². The molecule has 0 aromatic rings. The van der Waals surface area contributed by atoms with Crippen LogP contribution in [-0.4, -0.2) is 193 Å². The number of ether oxygens (including phenoxy) is 6. The molecule has 3 aliphatic rings. The normalized spacial score (nSPS) is 27.4. The third-order valence-corrected chi connectivity index (χ3v) is 19.9. The lowest BCUT2D eigenvalue weighted by Gasteiger charge is -2.48. The molecule has 19 nitrogen and oxygen atoms in total. The highest BCUT2D eigenvalue weighted by atomic mass is 16.8. The Kier molecular flexibility index (Phi) is 52.3. The van der Waals surface area contributed by atoms with Crippen molar-refractivity contribution in [2.45, 2.75) is 439 Å². The highest BCUT2D eigenvalue weighted by Crippen LogP contribution is 2.33. The van der Waals surface area contributed by atoms with Crippen LogP contribution in [0.15, 0.2) is 0 Å². The molecule has 0 saturated carbocycles. The molecule has 3 heterocycles. The van der Waals surface area contributed by atoms with Gasteiger partial charge in [-0.15, -0.1) is 0 Å². The molecule has 3 fully saturated rings. The van der Waals surface area contributed by atoms with E-state index in [1.54, 1.807) is 0 Å². The molecule has 0 aromatic carbocycles. The number of rotatable bonds is 62. The first-order valence-corrected chi connectivity index (χ1v) is 38.8. The van der Waals surface area contributed by atoms with Crippen LogP contribution >= 0.6 is 0 Å². The van der Waals surface area contributed by atoms with Gasteiger partial charge >= 0.3 is 0 Å². The average Bonchev–Trinajstić information content (AvgIpc) is 0.798. The summed E-state index contributed by atoms with van der Waals surface area (Å²) in [6.07, 6.45) is 37.4. The van der Waals surface area contributed by atoms with E-state index in [0.29, 0.717) is 12.8 Å². The van der Waals surface area contributed by atoms with E-state index in [9.17, 15) is 61.0 Å². The lowest BCUT2D eigenvalue weighted by molar-refractivity contribution is -0.379. The fourth-order valence-corrected chi connectivity index (χ4v) is 13.7. The van der Waals surface area contributed by atoms with Gasteiger partial charge in [-0.2, -0.15) is 0 Å². The fourth-order valence-electron chi connectivity index (χ4n) is 13.7. The number of carbonyl (C=O) groups excluding carboxylic acids is 1. The first-order valence-electron chi connectivity index (χ1n) is 38.8. The second-order valence-corrected chi connectivity index (χ2v) is 28.2. The smallest absolute Gasteiger partial charge is 0.220 e. The monoisotopic (exact) mass is 1330 g/mol. The van der Waals surface area contributed by atoms with Crippen molar-refractivity contribution in [3.63, 3.8) is 0 Å². The summed E-state index contributed by atoms with van der Waals surface area (Å²) in [5, 5.41) is 120. The summed E-state index contributed by atoms with van der Waals surface area (Å²) in [5.41, 5.74) is 0.